The van der Waals surface area contributed by atoms with E-state index < -0.39 is 11.4 Å². The third-order valence-electron chi connectivity index (χ3n) is 5.53. The van der Waals surface area contributed by atoms with E-state index in [2.05, 4.69) is 5.32 Å². The van der Waals surface area contributed by atoms with Gasteiger partial charge in [-0.3, -0.25) is 9.59 Å². The number of nitrogens with one attached hydrogen (secondary N) is 1. The van der Waals surface area contributed by atoms with Gasteiger partial charge in [0.05, 0.1) is 5.41 Å². The molecule has 0 saturated carbocycles. The number of hydrogen-bond acceptors (Lipinski definition) is 4. The molecule has 1 amide bonds. The topological polar surface area (TPSA) is 88.8 Å². The summed E-state index contributed by atoms with van der Waals surface area (Å²) in [4.78, 5) is 24.5. The molecule has 3 aromatic rings. The summed E-state index contributed by atoms with van der Waals surface area (Å²) in [5.74, 6) is -1.06. The van der Waals surface area contributed by atoms with Crippen LogP contribution in [0.3, 0.4) is 0 Å². The summed E-state index contributed by atoms with van der Waals surface area (Å²) in [6.07, 6.45) is 0.763. The molecule has 0 aliphatic carbocycles. The lowest BCUT2D eigenvalue weighted by molar-refractivity contribution is -0.154. The molecule has 27 heavy (non-hydrogen) atoms. The number of carboxylic acids is 1. The summed E-state index contributed by atoms with van der Waals surface area (Å²) in [6.45, 7) is 2.67. The molecule has 1 fully saturated rings. The molecule has 1 saturated heterocycles. The summed E-state index contributed by atoms with van der Waals surface area (Å²) in [6, 6.07) is 11.8. The molecule has 140 valence electrons. The van der Waals surface area contributed by atoms with Crippen molar-refractivity contribution in [2.45, 2.75) is 19.8 Å². The summed E-state index contributed by atoms with van der Waals surface area (Å²) in [5, 5.41) is 15.3. The minimum atomic E-state index is -0.986. The van der Waals surface area contributed by atoms with Crippen molar-refractivity contribution in [1.82, 2.24) is 5.32 Å². The Labute approximate surface area is 156 Å². The van der Waals surface area contributed by atoms with Gasteiger partial charge in [-0.25, -0.2) is 0 Å². The Morgan fingerprint density at radius 1 is 1.11 bits per heavy atom. The van der Waals surface area contributed by atoms with Gasteiger partial charge in [0.2, 0.25) is 0 Å². The van der Waals surface area contributed by atoms with Gasteiger partial charge in [-0.05, 0) is 25.2 Å². The highest BCUT2D eigenvalue weighted by Crippen LogP contribution is 2.33. The molecule has 4 rings (SSSR count). The first-order valence-electron chi connectivity index (χ1n) is 9.02. The number of fused-ring (bicyclic) bond motifs is 3. The van der Waals surface area contributed by atoms with E-state index in [1.807, 2.05) is 43.3 Å². The number of hydrogen-bond donors (Lipinski definition) is 2. The van der Waals surface area contributed by atoms with Gasteiger partial charge in [0.15, 0.2) is 5.76 Å². The van der Waals surface area contributed by atoms with Crippen LogP contribution in [0.15, 0.2) is 40.8 Å². The van der Waals surface area contributed by atoms with E-state index in [1.165, 1.54) is 0 Å². The van der Waals surface area contributed by atoms with Crippen molar-refractivity contribution in [3.63, 3.8) is 0 Å². The maximum Gasteiger partial charge on any atom is 0.311 e. The van der Waals surface area contributed by atoms with Gasteiger partial charge >= 0.3 is 5.97 Å². The van der Waals surface area contributed by atoms with Crippen molar-refractivity contribution in [1.29, 1.82) is 0 Å². The molecular formula is C21H21NO5. The highest BCUT2D eigenvalue weighted by Gasteiger charge is 2.40. The summed E-state index contributed by atoms with van der Waals surface area (Å²) in [5.41, 5.74) is 0.444. The van der Waals surface area contributed by atoms with E-state index in [0.717, 1.165) is 21.7 Å². The van der Waals surface area contributed by atoms with E-state index in [1.54, 1.807) is 0 Å². The van der Waals surface area contributed by atoms with Crippen LogP contribution in [-0.2, 0) is 9.53 Å². The van der Waals surface area contributed by atoms with Crippen LogP contribution in [0.5, 0.6) is 0 Å². The molecule has 1 aromatic heterocycles. The number of aryl methyl sites for hydroxylation is 1. The molecular weight excluding hydrogens is 346 g/mol. The lowest BCUT2D eigenvalue weighted by Crippen LogP contribution is -2.46. The van der Waals surface area contributed by atoms with Crippen LogP contribution in [0, 0.1) is 12.3 Å². The number of amides is 1. The first kappa shape index (κ1) is 17.5. The Kier molecular flexibility index (Phi) is 4.36. The summed E-state index contributed by atoms with van der Waals surface area (Å²) < 4.78 is 11.2. The number of rotatable bonds is 4. The maximum atomic E-state index is 12.7. The Balaban J connectivity index is 1.64. The first-order chi connectivity index (χ1) is 13.0. The van der Waals surface area contributed by atoms with Crippen molar-refractivity contribution in [3.8, 4) is 0 Å². The zero-order chi connectivity index (χ0) is 19.0. The van der Waals surface area contributed by atoms with Crippen LogP contribution in [0.1, 0.15) is 29.0 Å². The maximum absolute atomic E-state index is 12.7. The Morgan fingerprint density at radius 3 is 2.59 bits per heavy atom. The second-order valence-electron chi connectivity index (χ2n) is 7.10. The molecule has 6 nitrogen and oxygen atoms in total. The lowest BCUT2D eigenvalue weighted by atomic mass is 9.80. The highest BCUT2D eigenvalue weighted by molar-refractivity contribution is 6.08. The molecule has 1 aliphatic heterocycles. The fourth-order valence-electron chi connectivity index (χ4n) is 3.72. The normalized spacial score (nSPS) is 16.5. The molecule has 0 atom stereocenters. The molecule has 0 spiro atoms. The standard InChI is InChI=1S/C21H21NO5/c1-13-15-7-6-14-4-2-3-5-16(14)18(15)27-17(13)19(23)22-12-21(20(24)25)8-10-26-11-9-21/h2-7H,8-12H2,1H3,(H,22,23)(H,24,25). The number of benzene rings is 2. The number of carbonyl (C=O) groups excluding carboxylic acids is 1. The average molecular weight is 367 g/mol. The number of carbonyl (C=O) groups is 2. The number of ether oxygens (including phenoxy) is 1. The minimum absolute atomic E-state index is 0.0573. The SMILES string of the molecule is Cc1c(C(=O)NCC2(C(=O)O)CCOCC2)oc2c1ccc1ccccc12. The summed E-state index contributed by atoms with van der Waals surface area (Å²) in [7, 11) is 0. The molecule has 2 heterocycles. The molecule has 0 radical (unpaired) electrons. The number of carboxylic acid groups (broad SMARTS) is 1. The van der Waals surface area contributed by atoms with Crippen molar-refractivity contribution in [2.24, 2.45) is 5.41 Å². The monoisotopic (exact) mass is 367 g/mol. The Bertz CT molecular complexity index is 1030. The van der Waals surface area contributed by atoms with Crippen LogP contribution in [0.2, 0.25) is 0 Å². The van der Waals surface area contributed by atoms with Gasteiger partial charge in [-0.1, -0.05) is 36.4 Å². The van der Waals surface area contributed by atoms with E-state index in [9.17, 15) is 14.7 Å². The van der Waals surface area contributed by atoms with Gasteiger partial charge in [-0.2, -0.15) is 0 Å². The lowest BCUT2D eigenvalue weighted by Gasteiger charge is -2.32. The van der Waals surface area contributed by atoms with Crippen LogP contribution >= 0.6 is 0 Å². The third-order valence-corrected chi connectivity index (χ3v) is 5.53. The van der Waals surface area contributed by atoms with E-state index in [-0.39, 0.29) is 18.2 Å². The third kappa shape index (κ3) is 2.96. The van der Waals surface area contributed by atoms with Crippen molar-refractivity contribution in [2.75, 3.05) is 19.8 Å². The Morgan fingerprint density at radius 2 is 1.85 bits per heavy atom. The van der Waals surface area contributed by atoms with Crippen LogP contribution in [-0.4, -0.2) is 36.7 Å². The van der Waals surface area contributed by atoms with Crippen LogP contribution in [0.25, 0.3) is 21.7 Å². The second kappa shape index (κ2) is 6.70. The number of furan rings is 1. The van der Waals surface area contributed by atoms with Gasteiger partial charge < -0.3 is 19.6 Å². The predicted octanol–water partition coefficient (Wildman–Crippen LogP) is 3.51. The van der Waals surface area contributed by atoms with Crippen molar-refractivity contribution >= 4 is 33.6 Å². The van der Waals surface area contributed by atoms with Crippen molar-refractivity contribution < 1.29 is 23.8 Å². The largest absolute Gasteiger partial charge is 0.481 e. The summed E-state index contributed by atoms with van der Waals surface area (Å²) >= 11 is 0. The fourth-order valence-corrected chi connectivity index (χ4v) is 3.72. The van der Waals surface area contributed by atoms with Gasteiger partial charge in [0.1, 0.15) is 5.58 Å². The fraction of sp³-hybridized carbons (Fsp3) is 0.333. The zero-order valence-electron chi connectivity index (χ0n) is 15.1. The minimum Gasteiger partial charge on any atom is -0.481 e. The molecule has 2 aromatic carbocycles. The van der Waals surface area contributed by atoms with E-state index >= 15 is 0 Å². The average Bonchev–Trinajstić information content (AvgIpc) is 3.04. The first-order valence-corrected chi connectivity index (χ1v) is 9.02. The van der Waals surface area contributed by atoms with E-state index in [4.69, 9.17) is 9.15 Å². The highest BCUT2D eigenvalue weighted by atomic mass is 16.5. The van der Waals surface area contributed by atoms with Crippen LogP contribution in [0.4, 0.5) is 0 Å². The molecule has 1 aliphatic rings. The number of aliphatic carboxylic acids is 1. The molecule has 2 N–H and O–H groups in total. The van der Waals surface area contributed by atoms with Gasteiger partial charge in [0.25, 0.3) is 5.91 Å². The molecule has 0 unspecified atom stereocenters. The van der Waals surface area contributed by atoms with E-state index in [0.29, 0.717) is 31.6 Å². The molecule has 6 heteroatoms. The Hall–Kier alpha value is -2.86. The van der Waals surface area contributed by atoms with Gasteiger partial charge in [-0.15, -0.1) is 0 Å². The second-order valence-corrected chi connectivity index (χ2v) is 7.10. The predicted molar refractivity (Wildman–Crippen MR) is 101 cm³/mol. The molecule has 0 bridgehead atoms. The van der Waals surface area contributed by atoms with Crippen molar-refractivity contribution in [3.05, 3.63) is 47.7 Å². The zero-order valence-corrected chi connectivity index (χ0v) is 15.1. The quantitative estimate of drug-likeness (QED) is 0.737. The van der Waals surface area contributed by atoms with Crippen LogP contribution < -0.4 is 5.32 Å². The van der Waals surface area contributed by atoms with Gasteiger partial charge in [0, 0.05) is 36.1 Å². The smallest absolute Gasteiger partial charge is 0.311 e.